The van der Waals surface area contributed by atoms with Gasteiger partial charge in [-0.25, -0.2) is 0 Å². The van der Waals surface area contributed by atoms with Gasteiger partial charge in [0.05, 0.1) is 18.7 Å². The first-order chi connectivity index (χ1) is 15.9. The molecule has 1 amide bonds. The van der Waals surface area contributed by atoms with Crippen molar-refractivity contribution in [3.63, 3.8) is 0 Å². The highest BCUT2D eigenvalue weighted by molar-refractivity contribution is 6.46. The zero-order chi connectivity index (χ0) is 23.3. The number of rotatable bonds is 4. The Morgan fingerprint density at radius 1 is 1.09 bits per heavy atom. The number of carbonyl (C=O) groups is 2. The molecule has 1 aliphatic carbocycles. The van der Waals surface area contributed by atoms with E-state index >= 15 is 0 Å². The van der Waals surface area contributed by atoms with Gasteiger partial charge in [-0.1, -0.05) is 31.0 Å². The monoisotopic (exact) mass is 444 g/mol. The number of methoxy groups -OCH3 is 1. The predicted molar refractivity (Wildman–Crippen MR) is 127 cm³/mol. The third kappa shape index (κ3) is 3.32. The van der Waals surface area contributed by atoms with Crippen LogP contribution in [0.1, 0.15) is 48.4 Å². The standard InChI is InChI=1S/C27H28N2O4/c1-16-14-18(33-3)12-13-19(16)25(30)23-24(21-15-28(2)22-11-7-6-10-20(21)22)29(27(32)26(23)31)17-8-4-5-9-17/h6-7,10-15,17,24,30H,4-5,8-9H2,1-3H3/b25-23+. The number of aromatic nitrogens is 1. The van der Waals surface area contributed by atoms with Crippen molar-refractivity contribution in [2.24, 2.45) is 7.05 Å². The molecule has 2 heterocycles. The number of aliphatic hydroxyl groups excluding tert-OH is 1. The van der Waals surface area contributed by atoms with Crippen molar-refractivity contribution in [3.05, 3.63) is 70.9 Å². The number of ketones is 1. The molecular formula is C27H28N2O4. The number of likely N-dealkylation sites (tertiary alicyclic amines) is 1. The number of carbonyl (C=O) groups excluding carboxylic acids is 2. The quantitative estimate of drug-likeness (QED) is 0.354. The fourth-order valence-corrected chi connectivity index (χ4v) is 5.48. The lowest BCUT2D eigenvalue weighted by Gasteiger charge is -2.30. The van der Waals surface area contributed by atoms with E-state index in [-0.39, 0.29) is 17.4 Å². The second-order valence-electron chi connectivity index (χ2n) is 9.04. The van der Waals surface area contributed by atoms with E-state index in [1.54, 1.807) is 24.1 Å². The molecule has 0 spiro atoms. The normalized spacial score (nSPS) is 20.8. The SMILES string of the molecule is COc1ccc(/C(O)=C2\C(=O)C(=O)N(C3CCCC3)C2c2cn(C)c3ccccc23)c(C)c1. The Labute approximate surface area is 193 Å². The van der Waals surface area contributed by atoms with E-state index in [0.29, 0.717) is 11.3 Å². The van der Waals surface area contributed by atoms with Crippen LogP contribution in [0.2, 0.25) is 0 Å². The maximum absolute atomic E-state index is 13.4. The first-order valence-electron chi connectivity index (χ1n) is 11.4. The minimum atomic E-state index is -0.624. The Kier molecular flexibility index (Phi) is 5.23. The van der Waals surface area contributed by atoms with Crippen LogP contribution in [0.5, 0.6) is 5.75 Å². The van der Waals surface area contributed by atoms with Crippen LogP contribution in [0.4, 0.5) is 0 Å². The second kappa shape index (κ2) is 8.10. The summed E-state index contributed by atoms with van der Waals surface area (Å²) in [6, 6.07) is 12.6. The third-order valence-electron chi connectivity index (χ3n) is 7.11. The summed E-state index contributed by atoms with van der Waals surface area (Å²) in [4.78, 5) is 28.5. The molecule has 0 radical (unpaired) electrons. The number of aryl methyl sites for hydroxylation is 2. The number of para-hydroxylation sites is 1. The Morgan fingerprint density at radius 3 is 2.52 bits per heavy atom. The maximum atomic E-state index is 13.4. The van der Waals surface area contributed by atoms with Crippen molar-refractivity contribution in [1.82, 2.24) is 9.47 Å². The van der Waals surface area contributed by atoms with Gasteiger partial charge >= 0.3 is 0 Å². The molecule has 1 aliphatic heterocycles. The zero-order valence-corrected chi connectivity index (χ0v) is 19.2. The van der Waals surface area contributed by atoms with Crippen molar-refractivity contribution in [3.8, 4) is 5.75 Å². The second-order valence-corrected chi connectivity index (χ2v) is 9.04. The lowest BCUT2D eigenvalue weighted by atomic mass is 9.93. The van der Waals surface area contributed by atoms with Crippen LogP contribution in [0.15, 0.2) is 54.2 Å². The molecule has 1 N–H and O–H groups in total. The van der Waals surface area contributed by atoms with E-state index in [2.05, 4.69) is 0 Å². The van der Waals surface area contributed by atoms with Gasteiger partial charge in [0.1, 0.15) is 11.5 Å². The molecule has 2 fully saturated rings. The van der Waals surface area contributed by atoms with Crippen LogP contribution >= 0.6 is 0 Å². The lowest BCUT2D eigenvalue weighted by Crippen LogP contribution is -2.37. The van der Waals surface area contributed by atoms with Crippen LogP contribution in [-0.2, 0) is 16.6 Å². The first kappa shape index (κ1) is 21.3. The van der Waals surface area contributed by atoms with Crippen molar-refractivity contribution in [1.29, 1.82) is 0 Å². The van der Waals surface area contributed by atoms with Crippen molar-refractivity contribution >= 4 is 28.4 Å². The largest absolute Gasteiger partial charge is 0.507 e. The van der Waals surface area contributed by atoms with Crippen LogP contribution in [0.25, 0.3) is 16.7 Å². The fourth-order valence-electron chi connectivity index (χ4n) is 5.48. The molecule has 6 heteroatoms. The van der Waals surface area contributed by atoms with E-state index in [4.69, 9.17) is 4.74 Å². The summed E-state index contributed by atoms with van der Waals surface area (Å²) in [5.41, 5.74) is 3.36. The number of hydrogen-bond donors (Lipinski definition) is 1. The van der Waals surface area contributed by atoms with Gasteiger partial charge in [-0.05, 0) is 49.6 Å². The van der Waals surface area contributed by atoms with Crippen molar-refractivity contribution < 1.29 is 19.4 Å². The summed E-state index contributed by atoms with van der Waals surface area (Å²) in [5, 5.41) is 12.4. The maximum Gasteiger partial charge on any atom is 0.295 e. The van der Waals surface area contributed by atoms with Gasteiger partial charge in [0, 0.05) is 41.3 Å². The molecule has 6 nitrogen and oxygen atoms in total. The summed E-state index contributed by atoms with van der Waals surface area (Å²) >= 11 is 0. The lowest BCUT2D eigenvalue weighted by molar-refractivity contribution is -0.141. The number of Topliss-reactive ketones (excluding diaryl/α,β-unsaturated/α-hetero) is 1. The van der Waals surface area contributed by atoms with Crippen LogP contribution in [0, 0.1) is 6.92 Å². The number of amides is 1. The molecule has 1 saturated carbocycles. The Balaban J connectivity index is 1.75. The van der Waals surface area contributed by atoms with Gasteiger partial charge < -0.3 is 19.3 Å². The molecule has 2 aromatic carbocycles. The fraction of sp³-hybridized carbons (Fsp3) is 0.333. The summed E-state index contributed by atoms with van der Waals surface area (Å²) in [6.07, 6.45) is 5.80. The molecule has 2 aliphatic rings. The van der Waals surface area contributed by atoms with Gasteiger partial charge in [0.15, 0.2) is 0 Å². The third-order valence-corrected chi connectivity index (χ3v) is 7.11. The molecule has 33 heavy (non-hydrogen) atoms. The topological polar surface area (TPSA) is 71.8 Å². The summed E-state index contributed by atoms with van der Waals surface area (Å²) < 4.78 is 7.30. The Hall–Kier alpha value is -3.54. The van der Waals surface area contributed by atoms with E-state index in [1.165, 1.54) is 0 Å². The highest BCUT2D eigenvalue weighted by atomic mass is 16.5. The Bertz CT molecular complexity index is 1300. The molecule has 1 atom stereocenters. The van der Waals surface area contributed by atoms with E-state index in [0.717, 1.165) is 47.7 Å². The Morgan fingerprint density at radius 2 is 1.82 bits per heavy atom. The van der Waals surface area contributed by atoms with Gasteiger partial charge in [-0.3, -0.25) is 9.59 Å². The predicted octanol–water partition coefficient (Wildman–Crippen LogP) is 4.86. The first-order valence-corrected chi connectivity index (χ1v) is 11.4. The van der Waals surface area contributed by atoms with E-state index < -0.39 is 17.7 Å². The van der Waals surface area contributed by atoms with Crippen LogP contribution in [0.3, 0.4) is 0 Å². The number of benzene rings is 2. The van der Waals surface area contributed by atoms with Crippen LogP contribution in [-0.4, -0.2) is 39.4 Å². The minimum absolute atomic E-state index is 0.00678. The molecule has 5 rings (SSSR count). The average molecular weight is 445 g/mol. The number of nitrogens with zero attached hydrogens (tertiary/aromatic N) is 2. The molecule has 170 valence electrons. The zero-order valence-electron chi connectivity index (χ0n) is 19.2. The molecule has 1 saturated heterocycles. The van der Waals surface area contributed by atoms with Crippen molar-refractivity contribution in [2.45, 2.75) is 44.7 Å². The van der Waals surface area contributed by atoms with Gasteiger partial charge in [0.25, 0.3) is 11.7 Å². The molecule has 1 aromatic heterocycles. The summed E-state index contributed by atoms with van der Waals surface area (Å²) in [5.74, 6) is -0.604. The number of hydrogen-bond acceptors (Lipinski definition) is 4. The summed E-state index contributed by atoms with van der Waals surface area (Å²) in [6.45, 7) is 1.86. The molecule has 0 bridgehead atoms. The highest BCUT2D eigenvalue weighted by Crippen LogP contribution is 2.46. The number of aliphatic hydroxyl groups is 1. The average Bonchev–Trinajstić information content (AvgIpc) is 3.52. The van der Waals surface area contributed by atoms with E-state index in [9.17, 15) is 14.7 Å². The molecular weight excluding hydrogens is 416 g/mol. The molecule has 1 unspecified atom stereocenters. The highest BCUT2D eigenvalue weighted by Gasteiger charge is 2.50. The smallest absolute Gasteiger partial charge is 0.295 e. The number of ether oxygens (including phenoxy) is 1. The summed E-state index contributed by atoms with van der Waals surface area (Å²) in [7, 11) is 3.54. The van der Waals surface area contributed by atoms with Crippen molar-refractivity contribution in [2.75, 3.05) is 7.11 Å². The van der Waals surface area contributed by atoms with E-state index in [1.807, 2.05) is 55.1 Å². The number of fused-ring (bicyclic) bond motifs is 1. The minimum Gasteiger partial charge on any atom is -0.507 e. The van der Waals surface area contributed by atoms with Gasteiger partial charge in [-0.15, -0.1) is 0 Å². The van der Waals surface area contributed by atoms with Gasteiger partial charge in [0.2, 0.25) is 0 Å². The molecule has 3 aromatic rings. The van der Waals surface area contributed by atoms with Crippen LogP contribution < -0.4 is 4.74 Å². The van der Waals surface area contributed by atoms with Gasteiger partial charge in [-0.2, -0.15) is 0 Å².